The fourth-order valence-electron chi connectivity index (χ4n) is 1.67. The minimum atomic E-state index is -3.60. The van der Waals surface area contributed by atoms with Crippen LogP contribution in [0.15, 0.2) is 47.4 Å². The normalized spacial score (nSPS) is 11.6. The number of hydrogen-bond acceptors (Lipinski definition) is 2. The molecule has 0 saturated heterocycles. The smallest absolute Gasteiger partial charge is 0.246 e. The third-order valence-electron chi connectivity index (χ3n) is 2.71. The number of nitrogens with one attached hydrogen (secondary N) is 1. The lowest BCUT2D eigenvalue weighted by Gasteiger charge is -2.08. The minimum absolute atomic E-state index is 0.132. The average Bonchev–Trinajstić information content (AvgIpc) is 2.40. The maximum atomic E-state index is 12.2. The van der Waals surface area contributed by atoms with Gasteiger partial charge in [-0.2, -0.15) is 0 Å². The van der Waals surface area contributed by atoms with Crippen LogP contribution in [0.2, 0.25) is 10.0 Å². The van der Waals surface area contributed by atoms with E-state index in [0.29, 0.717) is 15.7 Å². The molecule has 0 aliphatic heterocycles. The van der Waals surface area contributed by atoms with Crippen LogP contribution < -0.4 is 10.5 Å². The molecule has 4 N–H and O–H groups in total. The monoisotopic (exact) mass is 331 g/mol. The summed E-state index contributed by atoms with van der Waals surface area (Å²) in [4.78, 5) is 0.167. The second-order valence-corrected chi connectivity index (χ2v) is 6.73. The SMILES string of the molecule is [NH3+]c1ccccc1S(=O)(=O)NCc1ccc(Cl)c(Cl)c1. The first-order chi connectivity index (χ1) is 9.40. The first-order valence-corrected chi connectivity index (χ1v) is 7.98. The molecule has 20 heavy (non-hydrogen) atoms. The first kappa shape index (κ1) is 15.3. The summed E-state index contributed by atoms with van der Waals surface area (Å²) in [6, 6.07) is 11.5. The predicted octanol–water partition coefficient (Wildman–Crippen LogP) is 2.35. The number of rotatable bonds is 4. The van der Waals surface area contributed by atoms with Crippen molar-refractivity contribution < 1.29 is 14.2 Å². The Kier molecular flexibility index (Phi) is 4.67. The molecule has 106 valence electrons. The van der Waals surface area contributed by atoms with Gasteiger partial charge in [-0.05, 0) is 23.8 Å². The van der Waals surface area contributed by atoms with Crippen LogP contribution in [0.5, 0.6) is 0 Å². The third kappa shape index (κ3) is 3.50. The molecule has 2 aromatic rings. The summed E-state index contributed by atoms with van der Waals surface area (Å²) in [6.45, 7) is 0.132. The highest BCUT2D eigenvalue weighted by molar-refractivity contribution is 7.89. The molecule has 0 atom stereocenters. The van der Waals surface area contributed by atoms with Gasteiger partial charge in [0.05, 0.1) is 10.0 Å². The van der Waals surface area contributed by atoms with Crippen molar-refractivity contribution in [3.05, 3.63) is 58.1 Å². The standard InChI is InChI=1S/C13H12Cl2N2O2S/c14-10-6-5-9(7-11(10)15)8-17-20(18,19)13-4-2-1-3-12(13)16/h1-7,17H,8,16H2/p+1. The Balaban J connectivity index is 2.17. The Morgan fingerprint density at radius 1 is 1.05 bits per heavy atom. The fraction of sp³-hybridized carbons (Fsp3) is 0.0769. The number of hydrogen-bond donors (Lipinski definition) is 2. The van der Waals surface area contributed by atoms with E-state index in [1.165, 1.54) is 6.07 Å². The van der Waals surface area contributed by atoms with Crippen molar-refractivity contribution in [2.45, 2.75) is 11.4 Å². The quantitative estimate of drug-likeness (QED) is 0.902. The minimum Gasteiger partial charge on any atom is -0.324 e. The molecule has 2 rings (SSSR count). The van der Waals surface area contributed by atoms with Gasteiger partial charge in [0.15, 0.2) is 0 Å². The van der Waals surface area contributed by atoms with Crippen LogP contribution in [0.1, 0.15) is 5.56 Å². The zero-order valence-electron chi connectivity index (χ0n) is 10.4. The van der Waals surface area contributed by atoms with Crippen LogP contribution in [0.4, 0.5) is 5.69 Å². The molecule has 4 nitrogen and oxygen atoms in total. The average molecular weight is 332 g/mol. The van der Waals surface area contributed by atoms with Gasteiger partial charge in [-0.25, -0.2) is 13.1 Å². The molecule has 0 bridgehead atoms. The van der Waals surface area contributed by atoms with Gasteiger partial charge < -0.3 is 5.73 Å². The largest absolute Gasteiger partial charge is 0.324 e. The lowest BCUT2D eigenvalue weighted by Crippen LogP contribution is -2.42. The van der Waals surface area contributed by atoms with Crippen LogP contribution in [0.3, 0.4) is 0 Å². The van der Waals surface area contributed by atoms with Gasteiger partial charge in [-0.1, -0.05) is 41.4 Å². The summed E-state index contributed by atoms with van der Waals surface area (Å²) in [7, 11) is -3.60. The maximum Gasteiger partial charge on any atom is 0.246 e. The van der Waals surface area contributed by atoms with E-state index in [1.54, 1.807) is 36.4 Å². The van der Waals surface area contributed by atoms with Crippen LogP contribution in [0.25, 0.3) is 0 Å². The Morgan fingerprint density at radius 3 is 2.40 bits per heavy atom. The lowest BCUT2D eigenvalue weighted by molar-refractivity contribution is -0.258. The number of sulfonamides is 1. The van der Waals surface area contributed by atoms with E-state index >= 15 is 0 Å². The second-order valence-electron chi connectivity index (χ2n) is 4.18. The van der Waals surface area contributed by atoms with Crippen molar-refractivity contribution in [2.75, 3.05) is 0 Å². The van der Waals surface area contributed by atoms with Gasteiger partial charge in [0, 0.05) is 12.6 Å². The number of quaternary nitrogens is 1. The van der Waals surface area contributed by atoms with Crippen molar-refractivity contribution >= 4 is 38.9 Å². The molecular formula is C13H13Cl2N2O2S+. The third-order valence-corrected chi connectivity index (χ3v) is 4.95. The van der Waals surface area contributed by atoms with Gasteiger partial charge >= 0.3 is 0 Å². The zero-order valence-corrected chi connectivity index (χ0v) is 12.8. The van der Waals surface area contributed by atoms with Gasteiger partial charge in [0.1, 0.15) is 10.6 Å². The Morgan fingerprint density at radius 2 is 1.75 bits per heavy atom. The van der Waals surface area contributed by atoms with Crippen molar-refractivity contribution in [1.29, 1.82) is 0 Å². The molecule has 0 aromatic heterocycles. The topological polar surface area (TPSA) is 73.8 Å². The van der Waals surface area contributed by atoms with E-state index in [0.717, 1.165) is 5.56 Å². The van der Waals surface area contributed by atoms with Gasteiger partial charge in [-0.3, -0.25) is 0 Å². The van der Waals surface area contributed by atoms with E-state index in [4.69, 9.17) is 23.2 Å². The molecule has 0 fully saturated rings. The molecule has 0 spiro atoms. The van der Waals surface area contributed by atoms with Crippen molar-refractivity contribution in [1.82, 2.24) is 4.72 Å². The molecule has 2 aromatic carbocycles. The molecule has 0 aliphatic rings. The summed E-state index contributed by atoms with van der Waals surface area (Å²) in [5.41, 5.74) is 4.89. The van der Waals surface area contributed by atoms with Crippen LogP contribution in [-0.2, 0) is 16.6 Å². The molecule has 0 saturated carbocycles. The molecular weight excluding hydrogens is 319 g/mol. The summed E-state index contributed by atoms with van der Waals surface area (Å²) in [5.74, 6) is 0. The van der Waals surface area contributed by atoms with Gasteiger partial charge in [0.2, 0.25) is 10.0 Å². The van der Waals surface area contributed by atoms with Gasteiger partial charge in [-0.15, -0.1) is 0 Å². The highest BCUT2D eigenvalue weighted by Gasteiger charge is 2.18. The van der Waals surface area contributed by atoms with Crippen molar-refractivity contribution in [2.24, 2.45) is 0 Å². The van der Waals surface area contributed by atoms with Crippen LogP contribution >= 0.6 is 23.2 Å². The molecule has 0 unspecified atom stereocenters. The molecule has 0 radical (unpaired) electrons. The summed E-state index contributed by atoms with van der Waals surface area (Å²) in [5, 5.41) is 0.822. The number of halogens is 2. The molecule has 0 amide bonds. The van der Waals surface area contributed by atoms with Crippen molar-refractivity contribution in [3.63, 3.8) is 0 Å². The van der Waals surface area contributed by atoms with E-state index < -0.39 is 10.0 Å². The van der Waals surface area contributed by atoms with E-state index in [9.17, 15) is 8.42 Å². The van der Waals surface area contributed by atoms with E-state index in [-0.39, 0.29) is 11.4 Å². The fourth-order valence-corrected chi connectivity index (χ4v) is 3.18. The van der Waals surface area contributed by atoms with Crippen LogP contribution in [0, 0.1) is 0 Å². The summed E-state index contributed by atoms with van der Waals surface area (Å²) < 4.78 is 26.8. The number of benzene rings is 2. The highest BCUT2D eigenvalue weighted by Crippen LogP contribution is 2.23. The lowest BCUT2D eigenvalue weighted by atomic mass is 10.2. The van der Waals surface area contributed by atoms with Gasteiger partial charge in [0.25, 0.3) is 0 Å². The Labute approximate surface area is 127 Å². The highest BCUT2D eigenvalue weighted by atomic mass is 35.5. The first-order valence-electron chi connectivity index (χ1n) is 5.75. The van der Waals surface area contributed by atoms with E-state index in [2.05, 4.69) is 10.5 Å². The van der Waals surface area contributed by atoms with Crippen LogP contribution in [-0.4, -0.2) is 8.42 Å². The Bertz CT molecular complexity index is 733. The summed E-state index contributed by atoms with van der Waals surface area (Å²) >= 11 is 11.7. The van der Waals surface area contributed by atoms with E-state index in [1.807, 2.05) is 0 Å². The summed E-state index contributed by atoms with van der Waals surface area (Å²) in [6.07, 6.45) is 0. The Hall–Kier alpha value is -1.11. The maximum absolute atomic E-state index is 12.2. The molecule has 7 heteroatoms. The predicted molar refractivity (Wildman–Crippen MR) is 79.5 cm³/mol. The molecule has 0 aliphatic carbocycles. The second kappa shape index (κ2) is 6.11. The molecule has 0 heterocycles. The zero-order chi connectivity index (χ0) is 14.8. The van der Waals surface area contributed by atoms with Crippen molar-refractivity contribution in [3.8, 4) is 0 Å².